The van der Waals surface area contributed by atoms with E-state index in [0.717, 1.165) is 12.5 Å². The molecule has 2 aromatic rings. The van der Waals surface area contributed by atoms with Crippen molar-refractivity contribution in [1.82, 2.24) is 10.2 Å². The van der Waals surface area contributed by atoms with Crippen LogP contribution in [-0.4, -0.2) is 22.0 Å². The molecule has 0 bridgehead atoms. The Morgan fingerprint density at radius 1 is 1.24 bits per heavy atom. The molecule has 1 N–H and O–H groups in total. The van der Waals surface area contributed by atoms with Crippen molar-refractivity contribution in [3.05, 3.63) is 29.3 Å². The minimum Gasteiger partial charge on any atom is -0.403 e. The first-order valence-electron chi connectivity index (χ1n) is 6.78. The van der Waals surface area contributed by atoms with E-state index in [0.29, 0.717) is 18.5 Å². The zero-order valence-electron chi connectivity index (χ0n) is 11.9. The van der Waals surface area contributed by atoms with Crippen LogP contribution in [0.2, 0.25) is 0 Å². The fraction of sp³-hybridized carbons (Fsp3) is 0.429. The number of hydrogen-bond donors (Lipinski definition) is 2. The van der Waals surface area contributed by atoms with E-state index in [1.165, 1.54) is 6.07 Å². The average molecular weight is 313 g/mol. The Kier molecular flexibility index (Phi) is 5.17. The lowest BCUT2D eigenvalue weighted by atomic mass is 10.0. The first-order valence-corrected chi connectivity index (χ1v) is 7.30. The summed E-state index contributed by atoms with van der Waals surface area (Å²) >= 11 is 4.31. The molecule has 1 aromatic heterocycles. The molecule has 0 amide bonds. The number of aromatic nitrogens is 2. The summed E-state index contributed by atoms with van der Waals surface area (Å²) in [7, 11) is 0. The Balaban J connectivity index is 2.30. The highest BCUT2D eigenvalue weighted by molar-refractivity contribution is 7.80. The molecule has 1 atom stereocenters. The van der Waals surface area contributed by atoms with E-state index in [4.69, 9.17) is 4.42 Å². The molecule has 0 spiro atoms. The lowest BCUT2D eigenvalue weighted by Crippen LogP contribution is -2.05. The molecule has 21 heavy (non-hydrogen) atoms. The van der Waals surface area contributed by atoms with Crippen LogP contribution in [0.3, 0.4) is 0 Å². The van der Waals surface area contributed by atoms with Crippen LogP contribution in [0.25, 0.3) is 11.5 Å². The lowest BCUT2D eigenvalue weighted by molar-refractivity contribution is 0.557. The molecule has 0 saturated carbocycles. The molecule has 0 fully saturated rings. The number of anilines is 1. The van der Waals surface area contributed by atoms with Crippen LogP contribution >= 0.6 is 12.6 Å². The van der Waals surface area contributed by atoms with E-state index in [9.17, 15) is 8.78 Å². The van der Waals surface area contributed by atoms with Gasteiger partial charge in [-0.1, -0.05) is 12.0 Å². The van der Waals surface area contributed by atoms with Crippen LogP contribution in [-0.2, 0) is 6.42 Å². The van der Waals surface area contributed by atoms with Crippen molar-refractivity contribution < 1.29 is 13.2 Å². The van der Waals surface area contributed by atoms with Gasteiger partial charge in [0.1, 0.15) is 11.6 Å². The van der Waals surface area contributed by atoms with E-state index < -0.39 is 11.6 Å². The van der Waals surface area contributed by atoms with Crippen LogP contribution in [0, 0.1) is 11.6 Å². The second kappa shape index (κ2) is 6.89. The van der Waals surface area contributed by atoms with Crippen molar-refractivity contribution in [2.75, 3.05) is 11.9 Å². The Bertz CT molecular complexity index is 618. The topological polar surface area (TPSA) is 51.0 Å². The number of thiol groups is 1. The van der Waals surface area contributed by atoms with E-state index in [2.05, 4.69) is 28.1 Å². The Morgan fingerprint density at radius 3 is 2.67 bits per heavy atom. The van der Waals surface area contributed by atoms with Crippen molar-refractivity contribution in [2.45, 2.75) is 31.9 Å². The molecule has 1 heterocycles. The van der Waals surface area contributed by atoms with Crippen LogP contribution in [0.4, 0.5) is 14.8 Å². The molecule has 0 aliphatic rings. The zero-order chi connectivity index (χ0) is 15.4. The average Bonchev–Trinajstić information content (AvgIpc) is 2.91. The Hall–Kier alpha value is -1.63. The van der Waals surface area contributed by atoms with Crippen molar-refractivity contribution in [1.29, 1.82) is 0 Å². The van der Waals surface area contributed by atoms with Gasteiger partial charge in [-0.15, -0.1) is 5.10 Å². The highest BCUT2D eigenvalue weighted by atomic mass is 32.1. The van der Waals surface area contributed by atoms with Crippen LogP contribution in [0.5, 0.6) is 0 Å². The summed E-state index contributed by atoms with van der Waals surface area (Å²) in [4.78, 5) is 0. The van der Waals surface area contributed by atoms with Gasteiger partial charge < -0.3 is 9.73 Å². The van der Waals surface area contributed by atoms with Gasteiger partial charge >= 0.3 is 6.01 Å². The molecule has 0 saturated heterocycles. The van der Waals surface area contributed by atoms with E-state index in [1.807, 2.05) is 13.8 Å². The number of halogens is 2. The number of nitrogens with one attached hydrogen (secondary N) is 1. The van der Waals surface area contributed by atoms with Crippen LogP contribution < -0.4 is 5.32 Å². The number of benzene rings is 1. The molecule has 114 valence electrons. The molecule has 2 rings (SSSR count). The quantitative estimate of drug-likeness (QED) is 0.799. The first kappa shape index (κ1) is 15.8. The largest absolute Gasteiger partial charge is 0.403 e. The van der Waals surface area contributed by atoms with Crippen LogP contribution in [0.1, 0.15) is 25.8 Å². The highest BCUT2D eigenvalue weighted by Gasteiger charge is 2.17. The summed E-state index contributed by atoms with van der Waals surface area (Å²) in [6.07, 6.45) is 1.15. The van der Waals surface area contributed by atoms with Gasteiger partial charge in [0.2, 0.25) is 0 Å². The fourth-order valence-electron chi connectivity index (χ4n) is 1.86. The smallest absolute Gasteiger partial charge is 0.315 e. The maximum Gasteiger partial charge on any atom is 0.315 e. The molecule has 0 aliphatic heterocycles. The maximum atomic E-state index is 14.1. The third-order valence-electron chi connectivity index (χ3n) is 3.05. The van der Waals surface area contributed by atoms with E-state index in [-0.39, 0.29) is 22.7 Å². The number of hydrogen-bond acceptors (Lipinski definition) is 5. The molecule has 0 aliphatic carbocycles. The summed E-state index contributed by atoms with van der Waals surface area (Å²) in [5.74, 6) is -1.14. The van der Waals surface area contributed by atoms with Gasteiger partial charge in [0, 0.05) is 11.8 Å². The second-order valence-corrected chi connectivity index (χ2v) is 5.36. The number of rotatable bonds is 6. The molecule has 1 aromatic carbocycles. The summed E-state index contributed by atoms with van der Waals surface area (Å²) < 4.78 is 33.4. The summed E-state index contributed by atoms with van der Waals surface area (Å²) in [6, 6.07) is 2.43. The maximum absolute atomic E-state index is 14.1. The third-order valence-corrected chi connectivity index (χ3v) is 3.59. The van der Waals surface area contributed by atoms with Crippen molar-refractivity contribution >= 4 is 18.6 Å². The van der Waals surface area contributed by atoms with Crippen molar-refractivity contribution in [3.63, 3.8) is 0 Å². The predicted molar refractivity (Wildman–Crippen MR) is 80.6 cm³/mol. The van der Waals surface area contributed by atoms with Crippen molar-refractivity contribution in [2.24, 2.45) is 0 Å². The van der Waals surface area contributed by atoms with E-state index in [1.54, 1.807) is 0 Å². The standard InChI is InChI=1S/C14H17F2N3OS/c1-3-9(21)5-8-6-12(16)10(7-11(8)15)13-18-19-14(20-13)17-4-2/h6-7,9,21H,3-5H2,1-2H3,(H,17,19). The van der Waals surface area contributed by atoms with Gasteiger partial charge in [-0.25, -0.2) is 8.78 Å². The van der Waals surface area contributed by atoms with Gasteiger partial charge in [0.25, 0.3) is 5.89 Å². The molecular weight excluding hydrogens is 296 g/mol. The molecule has 1 unspecified atom stereocenters. The zero-order valence-corrected chi connectivity index (χ0v) is 12.8. The van der Waals surface area contributed by atoms with Crippen molar-refractivity contribution in [3.8, 4) is 11.5 Å². The second-order valence-electron chi connectivity index (χ2n) is 4.63. The number of nitrogens with zero attached hydrogens (tertiary/aromatic N) is 2. The summed E-state index contributed by atoms with van der Waals surface area (Å²) in [5, 5.41) is 10.2. The van der Waals surface area contributed by atoms with E-state index >= 15 is 0 Å². The monoisotopic (exact) mass is 313 g/mol. The minimum atomic E-state index is -0.588. The molecule has 4 nitrogen and oxygen atoms in total. The molecule has 7 heteroatoms. The van der Waals surface area contributed by atoms with Gasteiger partial charge in [-0.05, 0) is 37.5 Å². The van der Waals surface area contributed by atoms with Gasteiger partial charge in [-0.2, -0.15) is 12.6 Å². The molecular formula is C14H17F2N3OS. The lowest BCUT2D eigenvalue weighted by Gasteiger charge is -2.10. The summed E-state index contributed by atoms with van der Waals surface area (Å²) in [6.45, 7) is 4.40. The highest BCUT2D eigenvalue weighted by Crippen LogP contribution is 2.27. The summed E-state index contributed by atoms with van der Waals surface area (Å²) in [5.41, 5.74) is 0.254. The Morgan fingerprint density at radius 2 is 2.00 bits per heavy atom. The predicted octanol–water partition coefficient (Wildman–Crippen LogP) is 3.70. The minimum absolute atomic E-state index is 0.00601. The van der Waals surface area contributed by atoms with Gasteiger partial charge in [-0.3, -0.25) is 0 Å². The Labute approximate surface area is 127 Å². The van der Waals surface area contributed by atoms with Crippen LogP contribution in [0.15, 0.2) is 16.5 Å². The third kappa shape index (κ3) is 3.72. The first-order chi connectivity index (χ1) is 10.0. The normalized spacial score (nSPS) is 12.4. The fourth-order valence-corrected chi connectivity index (χ4v) is 2.06. The molecule has 0 radical (unpaired) electrons. The van der Waals surface area contributed by atoms with Gasteiger partial charge in [0.05, 0.1) is 5.56 Å². The SMILES string of the molecule is CCNc1nnc(-c2cc(F)c(CC(S)CC)cc2F)o1. The van der Waals surface area contributed by atoms with Gasteiger partial charge in [0.15, 0.2) is 0 Å².